The Morgan fingerprint density at radius 2 is 2.40 bits per heavy atom. The standard InChI is InChI=1S/C6H5N3O/c10-6-8-2-1-5-3-7-4-9(5)6/h1-4H,(H,8,10). The van der Waals surface area contributed by atoms with Crippen molar-refractivity contribution in [3.63, 3.8) is 0 Å². The van der Waals surface area contributed by atoms with Crippen LogP contribution >= 0.6 is 0 Å². The lowest BCUT2D eigenvalue weighted by atomic mass is 10.5. The van der Waals surface area contributed by atoms with Gasteiger partial charge in [0.2, 0.25) is 0 Å². The lowest BCUT2D eigenvalue weighted by Gasteiger charge is -1.92. The summed E-state index contributed by atoms with van der Waals surface area (Å²) in [6.07, 6.45) is 4.70. The number of fused-ring (bicyclic) bond motifs is 1. The summed E-state index contributed by atoms with van der Waals surface area (Å²) >= 11 is 0. The highest BCUT2D eigenvalue weighted by Gasteiger charge is 1.95. The molecule has 2 heterocycles. The van der Waals surface area contributed by atoms with Crippen LogP contribution in [0.1, 0.15) is 0 Å². The van der Waals surface area contributed by atoms with E-state index in [-0.39, 0.29) is 6.01 Å². The van der Waals surface area contributed by atoms with Gasteiger partial charge in [-0.25, -0.2) is 9.97 Å². The molecule has 4 nitrogen and oxygen atoms in total. The van der Waals surface area contributed by atoms with Crippen LogP contribution in [-0.2, 0) is 0 Å². The average Bonchev–Trinajstić information content (AvgIpc) is 2.36. The van der Waals surface area contributed by atoms with Crippen LogP contribution in [0.4, 0.5) is 0 Å². The van der Waals surface area contributed by atoms with Crippen LogP contribution in [0.25, 0.3) is 5.52 Å². The van der Waals surface area contributed by atoms with Gasteiger partial charge in [-0.15, -0.1) is 0 Å². The van der Waals surface area contributed by atoms with Gasteiger partial charge >= 0.3 is 0 Å². The predicted molar refractivity (Wildman–Crippen MR) is 34.7 cm³/mol. The Hall–Kier alpha value is -1.58. The highest BCUT2D eigenvalue weighted by atomic mass is 16.3. The molecule has 10 heavy (non-hydrogen) atoms. The van der Waals surface area contributed by atoms with E-state index in [2.05, 4.69) is 9.97 Å². The largest absolute Gasteiger partial charge is 0.480 e. The normalized spacial score (nSPS) is 10.4. The molecule has 0 aliphatic carbocycles. The van der Waals surface area contributed by atoms with Crippen LogP contribution < -0.4 is 0 Å². The van der Waals surface area contributed by atoms with Gasteiger partial charge in [-0.3, -0.25) is 4.40 Å². The van der Waals surface area contributed by atoms with Gasteiger partial charge in [0.1, 0.15) is 6.33 Å². The van der Waals surface area contributed by atoms with Crippen molar-refractivity contribution in [2.45, 2.75) is 0 Å². The van der Waals surface area contributed by atoms with Gasteiger partial charge in [-0.05, 0) is 6.07 Å². The molecule has 0 bridgehead atoms. The number of aromatic nitrogens is 3. The third-order valence-corrected chi connectivity index (χ3v) is 1.32. The van der Waals surface area contributed by atoms with Crippen LogP contribution in [0.2, 0.25) is 0 Å². The average molecular weight is 135 g/mol. The summed E-state index contributed by atoms with van der Waals surface area (Å²) in [7, 11) is 0. The van der Waals surface area contributed by atoms with Crippen molar-refractivity contribution in [3.8, 4) is 6.01 Å². The van der Waals surface area contributed by atoms with E-state index < -0.39 is 0 Å². The van der Waals surface area contributed by atoms with E-state index in [1.54, 1.807) is 12.3 Å². The molecule has 0 aliphatic rings. The van der Waals surface area contributed by atoms with Gasteiger partial charge in [0.15, 0.2) is 0 Å². The molecule has 2 aromatic rings. The fraction of sp³-hybridized carbons (Fsp3) is 0. The highest BCUT2D eigenvalue weighted by molar-refractivity contribution is 5.44. The van der Waals surface area contributed by atoms with Gasteiger partial charge in [0.05, 0.1) is 11.7 Å². The zero-order valence-corrected chi connectivity index (χ0v) is 5.10. The Kier molecular flexibility index (Phi) is 0.887. The van der Waals surface area contributed by atoms with Gasteiger partial charge in [0, 0.05) is 6.20 Å². The first-order valence-corrected chi connectivity index (χ1v) is 2.84. The smallest absolute Gasteiger partial charge is 0.299 e. The van der Waals surface area contributed by atoms with E-state index in [9.17, 15) is 0 Å². The summed E-state index contributed by atoms with van der Waals surface area (Å²) in [5, 5.41) is 9.07. The number of nitrogens with zero attached hydrogens (tertiary/aromatic N) is 3. The molecular formula is C6H5N3O. The zero-order chi connectivity index (χ0) is 6.97. The topological polar surface area (TPSA) is 50.4 Å². The van der Waals surface area contributed by atoms with Crippen LogP contribution in [0.3, 0.4) is 0 Å². The minimum Gasteiger partial charge on any atom is -0.480 e. The molecule has 0 spiro atoms. The number of hydrogen-bond donors (Lipinski definition) is 1. The van der Waals surface area contributed by atoms with Gasteiger partial charge in [0.25, 0.3) is 6.01 Å². The summed E-state index contributed by atoms with van der Waals surface area (Å²) in [6, 6.07) is 1.74. The van der Waals surface area contributed by atoms with Crippen molar-refractivity contribution in [1.29, 1.82) is 0 Å². The van der Waals surface area contributed by atoms with E-state index in [1.165, 1.54) is 16.9 Å². The lowest BCUT2D eigenvalue weighted by Crippen LogP contribution is -1.84. The van der Waals surface area contributed by atoms with Crippen molar-refractivity contribution in [1.82, 2.24) is 14.4 Å². The maximum atomic E-state index is 9.07. The molecule has 0 fully saturated rings. The van der Waals surface area contributed by atoms with Crippen molar-refractivity contribution in [2.75, 3.05) is 0 Å². The van der Waals surface area contributed by atoms with Crippen LogP contribution in [0.15, 0.2) is 24.8 Å². The lowest BCUT2D eigenvalue weighted by molar-refractivity contribution is 0.422. The molecule has 2 rings (SSSR count). The first-order chi connectivity index (χ1) is 4.88. The SMILES string of the molecule is Oc1nccc2cncn12. The number of rotatable bonds is 0. The van der Waals surface area contributed by atoms with Crippen molar-refractivity contribution >= 4 is 5.52 Å². The second-order valence-corrected chi connectivity index (χ2v) is 1.93. The van der Waals surface area contributed by atoms with Crippen LogP contribution in [-0.4, -0.2) is 19.5 Å². The Bertz CT molecular complexity index is 355. The second-order valence-electron chi connectivity index (χ2n) is 1.93. The van der Waals surface area contributed by atoms with E-state index in [1.807, 2.05) is 0 Å². The summed E-state index contributed by atoms with van der Waals surface area (Å²) in [4.78, 5) is 7.48. The van der Waals surface area contributed by atoms with Gasteiger partial charge < -0.3 is 5.11 Å². The number of imidazole rings is 1. The molecular weight excluding hydrogens is 130 g/mol. The molecule has 0 aromatic carbocycles. The van der Waals surface area contributed by atoms with Crippen molar-refractivity contribution in [3.05, 3.63) is 24.8 Å². The van der Waals surface area contributed by atoms with E-state index in [4.69, 9.17) is 5.11 Å². The maximum absolute atomic E-state index is 9.07. The molecule has 2 aromatic heterocycles. The molecule has 50 valence electrons. The molecule has 0 saturated carbocycles. The monoisotopic (exact) mass is 135 g/mol. The fourth-order valence-electron chi connectivity index (χ4n) is 0.838. The second kappa shape index (κ2) is 1.70. The van der Waals surface area contributed by atoms with Crippen LogP contribution in [0.5, 0.6) is 6.01 Å². The third kappa shape index (κ3) is 0.556. The Balaban J connectivity index is 2.95. The molecule has 0 aliphatic heterocycles. The Labute approximate surface area is 56.8 Å². The summed E-state index contributed by atoms with van der Waals surface area (Å²) in [5.74, 6) is 0. The summed E-state index contributed by atoms with van der Waals surface area (Å²) in [6.45, 7) is 0. The molecule has 0 unspecified atom stereocenters. The summed E-state index contributed by atoms with van der Waals surface area (Å²) in [5.41, 5.74) is 0.840. The quantitative estimate of drug-likeness (QED) is 0.570. The van der Waals surface area contributed by atoms with Crippen molar-refractivity contribution < 1.29 is 5.11 Å². The van der Waals surface area contributed by atoms with Crippen LogP contribution in [0, 0.1) is 0 Å². The van der Waals surface area contributed by atoms with Gasteiger partial charge in [-0.2, -0.15) is 0 Å². The summed E-state index contributed by atoms with van der Waals surface area (Å²) < 4.78 is 1.50. The first-order valence-electron chi connectivity index (χ1n) is 2.84. The van der Waals surface area contributed by atoms with Crippen molar-refractivity contribution in [2.24, 2.45) is 0 Å². The first kappa shape index (κ1) is 5.22. The third-order valence-electron chi connectivity index (χ3n) is 1.32. The number of aromatic hydroxyl groups is 1. The molecule has 0 radical (unpaired) electrons. The predicted octanol–water partition coefficient (Wildman–Crippen LogP) is 0.435. The minimum atomic E-state index is -0.0324. The van der Waals surface area contributed by atoms with E-state index in [0.29, 0.717) is 0 Å². The van der Waals surface area contributed by atoms with E-state index >= 15 is 0 Å². The van der Waals surface area contributed by atoms with Gasteiger partial charge in [-0.1, -0.05) is 0 Å². The molecule has 0 saturated heterocycles. The van der Waals surface area contributed by atoms with E-state index in [0.717, 1.165) is 5.52 Å². The highest BCUT2D eigenvalue weighted by Crippen LogP contribution is 2.07. The number of hydrogen-bond acceptors (Lipinski definition) is 3. The fourth-order valence-corrected chi connectivity index (χ4v) is 0.838. The zero-order valence-electron chi connectivity index (χ0n) is 5.10. The Morgan fingerprint density at radius 3 is 3.20 bits per heavy atom. The minimum absolute atomic E-state index is 0.0324. The molecule has 1 N–H and O–H groups in total. The molecule has 4 heteroatoms. The molecule has 0 atom stereocenters. The molecule has 0 amide bonds. The maximum Gasteiger partial charge on any atom is 0.299 e. The Morgan fingerprint density at radius 1 is 1.50 bits per heavy atom.